The van der Waals surface area contributed by atoms with Gasteiger partial charge in [-0.15, -0.1) is 0 Å². The number of benzene rings is 1. The lowest BCUT2D eigenvalue weighted by molar-refractivity contribution is -0.119. The fraction of sp³-hybridized carbons (Fsp3) is 0.292. The average Bonchev–Trinajstić information content (AvgIpc) is 3.36. The molecular formula is C24H24FN7O2. The van der Waals surface area contributed by atoms with E-state index in [0.717, 1.165) is 30.2 Å². The van der Waals surface area contributed by atoms with Gasteiger partial charge in [-0.05, 0) is 43.4 Å². The molecule has 3 aromatic heterocycles. The number of aromatic nitrogens is 5. The molecule has 1 unspecified atom stereocenters. The Balaban J connectivity index is 1.62. The van der Waals surface area contributed by atoms with Gasteiger partial charge in [0.2, 0.25) is 5.91 Å². The molecule has 0 spiro atoms. The lowest BCUT2D eigenvalue weighted by Crippen LogP contribution is -2.33. The number of amides is 1. The van der Waals surface area contributed by atoms with Crippen LogP contribution in [0.1, 0.15) is 44.0 Å². The van der Waals surface area contributed by atoms with Crippen LogP contribution in [0.5, 0.6) is 5.75 Å². The number of imidazole rings is 1. The van der Waals surface area contributed by atoms with Gasteiger partial charge in [-0.25, -0.2) is 24.3 Å². The van der Waals surface area contributed by atoms with Crippen molar-refractivity contribution in [1.82, 2.24) is 24.3 Å². The molecule has 1 aliphatic rings. The Morgan fingerprint density at radius 1 is 1.26 bits per heavy atom. The van der Waals surface area contributed by atoms with E-state index in [1.54, 1.807) is 19.3 Å². The summed E-state index contributed by atoms with van der Waals surface area (Å²) in [5.41, 5.74) is 7.91. The number of hydrogen-bond acceptors (Lipinski definition) is 7. The van der Waals surface area contributed by atoms with Crippen LogP contribution in [0.25, 0.3) is 17.2 Å². The van der Waals surface area contributed by atoms with E-state index in [1.165, 1.54) is 12.1 Å². The fourth-order valence-corrected chi connectivity index (χ4v) is 4.32. The van der Waals surface area contributed by atoms with Crippen LogP contribution in [0.15, 0.2) is 36.8 Å². The van der Waals surface area contributed by atoms with Crippen LogP contribution < -0.4 is 11.1 Å². The highest BCUT2D eigenvalue weighted by Crippen LogP contribution is 2.45. The van der Waals surface area contributed by atoms with Crippen molar-refractivity contribution >= 4 is 23.2 Å². The van der Waals surface area contributed by atoms with Crippen molar-refractivity contribution in [2.24, 2.45) is 5.92 Å². The molecule has 10 heteroatoms. The summed E-state index contributed by atoms with van der Waals surface area (Å²) in [6.45, 7) is 5.94. The molecule has 0 radical (unpaired) electrons. The number of rotatable bonds is 5. The summed E-state index contributed by atoms with van der Waals surface area (Å²) in [5, 5.41) is 12.6. The first-order chi connectivity index (χ1) is 16.2. The molecule has 4 aromatic rings. The Hall–Kier alpha value is -4.08. The predicted octanol–water partition coefficient (Wildman–Crippen LogP) is 3.46. The lowest BCUT2D eigenvalue weighted by atomic mass is 9.77. The molecule has 4 heterocycles. The fourth-order valence-electron chi connectivity index (χ4n) is 4.32. The highest BCUT2D eigenvalue weighted by Gasteiger charge is 2.48. The van der Waals surface area contributed by atoms with Crippen LogP contribution in [0.2, 0.25) is 0 Å². The van der Waals surface area contributed by atoms with E-state index in [9.17, 15) is 14.3 Å². The molecule has 1 amide bonds. The normalized spacial score (nSPS) is 17.4. The van der Waals surface area contributed by atoms with Gasteiger partial charge in [0.05, 0.1) is 11.3 Å². The number of phenols is 1. The molecule has 9 nitrogen and oxygen atoms in total. The predicted molar refractivity (Wildman–Crippen MR) is 125 cm³/mol. The molecule has 1 atom stereocenters. The number of carbonyl (C=O) groups excluding carboxylic acids is 1. The maximum atomic E-state index is 13.6. The zero-order valence-electron chi connectivity index (χ0n) is 19.0. The Morgan fingerprint density at radius 2 is 2.06 bits per heavy atom. The van der Waals surface area contributed by atoms with Crippen molar-refractivity contribution in [3.05, 3.63) is 59.4 Å². The summed E-state index contributed by atoms with van der Waals surface area (Å²) in [4.78, 5) is 31.3. The number of fused-ring (bicyclic) bond motifs is 2. The number of anilines is 2. The van der Waals surface area contributed by atoms with Gasteiger partial charge < -0.3 is 20.6 Å². The van der Waals surface area contributed by atoms with Crippen LogP contribution in [-0.2, 0) is 16.6 Å². The molecule has 0 saturated carbocycles. The minimum absolute atomic E-state index is 0.0981. The van der Waals surface area contributed by atoms with Crippen molar-refractivity contribution < 1.29 is 14.3 Å². The minimum atomic E-state index is -1.30. The first kappa shape index (κ1) is 21.7. The quantitative estimate of drug-likeness (QED) is 0.415. The van der Waals surface area contributed by atoms with Gasteiger partial charge in [0.15, 0.2) is 23.0 Å². The molecule has 0 saturated heterocycles. The Labute approximate surface area is 194 Å². The van der Waals surface area contributed by atoms with Crippen molar-refractivity contribution in [2.75, 3.05) is 11.1 Å². The van der Waals surface area contributed by atoms with Crippen LogP contribution in [0, 0.1) is 11.7 Å². The zero-order chi connectivity index (χ0) is 24.2. The molecule has 1 aliphatic heterocycles. The van der Waals surface area contributed by atoms with E-state index in [1.807, 2.05) is 10.6 Å². The van der Waals surface area contributed by atoms with Gasteiger partial charge >= 0.3 is 0 Å². The zero-order valence-corrected chi connectivity index (χ0v) is 19.0. The van der Waals surface area contributed by atoms with Gasteiger partial charge in [-0.2, -0.15) is 0 Å². The molecule has 0 fully saturated rings. The van der Waals surface area contributed by atoms with Crippen molar-refractivity contribution in [3.63, 3.8) is 0 Å². The maximum Gasteiger partial charge on any atom is 0.240 e. The maximum absolute atomic E-state index is 13.6. The number of carbonyl (C=O) groups is 1. The minimum Gasteiger partial charge on any atom is -0.505 e. The number of nitrogen functional groups attached to an aromatic ring is 1. The number of hydrogen-bond donors (Lipinski definition) is 3. The topological polar surface area (TPSA) is 131 Å². The van der Waals surface area contributed by atoms with Crippen LogP contribution in [-0.4, -0.2) is 35.4 Å². The summed E-state index contributed by atoms with van der Waals surface area (Å²) in [6, 6.07) is 3.76. The van der Waals surface area contributed by atoms with Gasteiger partial charge in [0.1, 0.15) is 22.7 Å². The number of nitrogens with one attached hydrogen (secondary N) is 1. The van der Waals surface area contributed by atoms with Gasteiger partial charge in [0.25, 0.3) is 0 Å². The monoisotopic (exact) mass is 461 g/mol. The number of phenolic OH excluding ortho intramolecular Hbond substituents is 1. The Morgan fingerprint density at radius 3 is 2.79 bits per heavy atom. The number of aromatic hydroxyl groups is 1. The van der Waals surface area contributed by atoms with E-state index >= 15 is 0 Å². The summed E-state index contributed by atoms with van der Waals surface area (Å²) >= 11 is 0. The third-order valence-corrected chi connectivity index (χ3v) is 6.28. The summed E-state index contributed by atoms with van der Waals surface area (Å²) < 4.78 is 15.5. The summed E-state index contributed by atoms with van der Waals surface area (Å²) in [6.07, 6.45) is 7.01. The van der Waals surface area contributed by atoms with Gasteiger partial charge in [-0.3, -0.25) is 4.79 Å². The van der Waals surface area contributed by atoms with E-state index in [-0.39, 0.29) is 17.5 Å². The second-order valence-electron chi connectivity index (χ2n) is 9.06. The molecule has 0 aliphatic carbocycles. The smallest absolute Gasteiger partial charge is 0.240 e. The van der Waals surface area contributed by atoms with Gasteiger partial charge in [0, 0.05) is 18.6 Å². The van der Waals surface area contributed by atoms with Crippen LogP contribution in [0.4, 0.5) is 16.0 Å². The third kappa shape index (κ3) is 3.33. The van der Waals surface area contributed by atoms with Crippen LogP contribution in [0.3, 0.4) is 0 Å². The third-order valence-electron chi connectivity index (χ3n) is 6.28. The molecule has 1 aromatic carbocycles. The van der Waals surface area contributed by atoms with Crippen molar-refractivity contribution in [1.29, 1.82) is 0 Å². The highest BCUT2D eigenvalue weighted by molar-refractivity contribution is 6.09. The van der Waals surface area contributed by atoms with Crippen molar-refractivity contribution in [3.8, 4) is 17.3 Å². The first-order valence-corrected chi connectivity index (χ1v) is 11.0. The molecule has 34 heavy (non-hydrogen) atoms. The molecule has 5 rings (SSSR count). The molecule has 4 N–H and O–H groups in total. The first-order valence-electron chi connectivity index (χ1n) is 11.0. The Bertz CT molecular complexity index is 1450. The number of aryl methyl sites for hydroxylation is 1. The number of nitrogens with zero attached hydrogens (tertiary/aromatic N) is 5. The van der Waals surface area contributed by atoms with Crippen LogP contribution >= 0.6 is 0 Å². The standard InChI is InChI=1S/C24H24FN7O2/c1-12(2)4-7-15-22-27-8-9-32(22)11-16(28-15)20-29-19(26)18-21(30-20)31-23(34)24(18,3)13-5-6-14(25)17(33)10-13/h5-6,8-12,33H,4,7H2,1-3H3,(H3,26,29,30,31,34). The largest absolute Gasteiger partial charge is 0.505 e. The Kier molecular flexibility index (Phi) is 4.96. The van der Waals surface area contributed by atoms with Crippen molar-refractivity contribution in [2.45, 2.75) is 39.0 Å². The molecular weight excluding hydrogens is 437 g/mol. The molecule has 174 valence electrons. The van der Waals surface area contributed by atoms with Gasteiger partial charge in [-0.1, -0.05) is 19.9 Å². The second kappa shape index (κ2) is 7.75. The summed E-state index contributed by atoms with van der Waals surface area (Å²) in [7, 11) is 0. The number of halogens is 1. The van der Waals surface area contributed by atoms with E-state index in [0.29, 0.717) is 22.7 Å². The average molecular weight is 462 g/mol. The second-order valence-corrected chi connectivity index (χ2v) is 9.06. The van der Waals surface area contributed by atoms with E-state index in [2.05, 4.69) is 34.1 Å². The molecule has 0 bridgehead atoms. The SMILES string of the molecule is CC(C)CCc1nc(-c2nc(N)c3c(n2)NC(=O)C3(C)c2ccc(F)c(O)c2)cn2ccnc12. The summed E-state index contributed by atoms with van der Waals surface area (Å²) in [5.74, 6) is -0.601. The van der Waals surface area contributed by atoms with E-state index in [4.69, 9.17) is 10.7 Å². The number of nitrogens with two attached hydrogens (primary N) is 1. The highest BCUT2D eigenvalue weighted by atomic mass is 19.1. The van der Waals surface area contributed by atoms with E-state index < -0.39 is 22.9 Å². The lowest BCUT2D eigenvalue weighted by Gasteiger charge is -2.23.